The van der Waals surface area contributed by atoms with Gasteiger partial charge in [-0.2, -0.15) is 0 Å². The molecule has 1 fully saturated rings. The van der Waals surface area contributed by atoms with E-state index in [1.54, 1.807) is 0 Å². The summed E-state index contributed by atoms with van der Waals surface area (Å²) in [4.78, 5) is 2.34. The van der Waals surface area contributed by atoms with Crippen molar-refractivity contribution in [2.24, 2.45) is 0 Å². The molecule has 2 aliphatic carbocycles. The largest absolute Gasteiger partial charge is 0.345 e. The molecule has 0 aromatic carbocycles. The Morgan fingerprint density at radius 3 is 2.62 bits per heavy atom. The van der Waals surface area contributed by atoms with E-state index in [-0.39, 0.29) is 5.83 Å². The molecule has 0 spiro atoms. The molecule has 0 unspecified atom stereocenters. The van der Waals surface area contributed by atoms with Gasteiger partial charge in [-0.3, -0.25) is 0 Å². The summed E-state index contributed by atoms with van der Waals surface area (Å²) in [5, 5.41) is 0. The first-order chi connectivity index (χ1) is 10.2. The van der Waals surface area contributed by atoms with Gasteiger partial charge in [0.15, 0.2) is 0 Å². The Kier molecular flexibility index (Phi) is 5.60. The van der Waals surface area contributed by atoms with Crippen LogP contribution in [0.25, 0.3) is 0 Å². The molecule has 1 saturated carbocycles. The summed E-state index contributed by atoms with van der Waals surface area (Å²) in [6.45, 7) is 7.13. The van der Waals surface area contributed by atoms with Crippen molar-refractivity contribution in [3.8, 4) is 0 Å². The number of nitrogens with zero attached hydrogens (tertiary/aromatic N) is 1. The van der Waals surface area contributed by atoms with Gasteiger partial charge in [0.25, 0.3) is 0 Å². The summed E-state index contributed by atoms with van der Waals surface area (Å²) in [5.41, 5.74) is 4.96. The van der Waals surface area contributed by atoms with Crippen LogP contribution in [0.2, 0.25) is 0 Å². The van der Waals surface area contributed by atoms with E-state index in [1.807, 2.05) is 13.0 Å². The summed E-state index contributed by atoms with van der Waals surface area (Å²) < 4.78 is 13.9. The van der Waals surface area contributed by atoms with Crippen LogP contribution in [0.4, 0.5) is 4.39 Å². The summed E-state index contributed by atoms with van der Waals surface area (Å²) in [5.74, 6) is 0.0715. The molecule has 0 bridgehead atoms. The number of allylic oxidation sites excluding steroid dienone is 8. The molecule has 0 N–H and O–H groups in total. The van der Waals surface area contributed by atoms with E-state index in [0.29, 0.717) is 6.42 Å². The van der Waals surface area contributed by atoms with Gasteiger partial charge in [-0.05, 0) is 58.1 Å². The van der Waals surface area contributed by atoms with Gasteiger partial charge >= 0.3 is 0 Å². The molecule has 0 radical (unpaired) electrons. The van der Waals surface area contributed by atoms with Crippen molar-refractivity contribution in [1.82, 2.24) is 4.90 Å². The van der Waals surface area contributed by atoms with Crippen LogP contribution < -0.4 is 0 Å². The minimum atomic E-state index is 0.0715. The van der Waals surface area contributed by atoms with Crippen molar-refractivity contribution in [3.05, 3.63) is 58.7 Å². The zero-order valence-electron chi connectivity index (χ0n) is 13.5. The van der Waals surface area contributed by atoms with Crippen LogP contribution in [0.1, 0.15) is 52.9 Å². The molecule has 2 heteroatoms. The first kappa shape index (κ1) is 15.8. The van der Waals surface area contributed by atoms with Gasteiger partial charge in [-0.25, -0.2) is 4.39 Å². The number of rotatable bonds is 6. The van der Waals surface area contributed by atoms with E-state index in [9.17, 15) is 4.39 Å². The van der Waals surface area contributed by atoms with E-state index in [0.717, 1.165) is 25.0 Å². The third-order valence-corrected chi connectivity index (χ3v) is 4.16. The molecule has 0 saturated heterocycles. The highest BCUT2D eigenvalue weighted by Crippen LogP contribution is 2.35. The van der Waals surface area contributed by atoms with Crippen molar-refractivity contribution in [1.29, 1.82) is 0 Å². The second-order valence-electron chi connectivity index (χ2n) is 5.68. The average Bonchev–Trinajstić information content (AvgIpc) is 3.32. The predicted octanol–water partition coefficient (Wildman–Crippen LogP) is 5.80. The van der Waals surface area contributed by atoms with Gasteiger partial charge in [-0.1, -0.05) is 29.9 Å². The predicted molar refractivity (Wildman–Crippen MR) is 88.3 cm³/mol. The van der Waals surface area contributed by atoms with Gasteiger partial charge in [-0.15, -0.1) is 0 Å². The highest BCUT2D eigenvalue weighted by Gasteiger charge is 2.20. The summed E-state index contributed by atoms with van der Waals surface area (Å²) >= 11 is 0. The highest BCUT2D eigenvalue weighted by molar-refractivity contribution is 5.31. The Morgan fingerprint density at radius 1 is 1.29 bits per heavy atom. The smallest absolute Gasteiger partial charge is 0.103 e. The van der Waals surface area contributed by atoms with Crippen molar-refractivity contribution in [2.45, 2.75) is 52.9 Å². The number of hydrogen-bond donors (Lipinski definition) is 0. The van der Waals surface area contributed by atoms with Crippen molar-refractivity contribution in [2.75, 3.05) is 6.54 Å². The second kappa shape index (κ2) is 7.44. The van der Waals surface area contributed by atoms with Crippen LogP contribution in [0.15, 0.2) is 58.7 Å². The molecule has 0 aliphatic heterocycles. The second-order valence-corrected chi connectivity index (χ2v) is 5.68. The van der Waals surface area contributed by atoms with Crippen LogP contribution in [0.3, 0.4) is 0 Å². The van der Waals surface area contributed by atoms with E-state index in [2.05, 4.69) is 43.1 Å². The van der Waals surface area contributed by atoms with Crippen molar-refractivity contribution < 1.29 is 4.39 Å². The van der Waals surface area contributed by atoms with Crippen molar-refractivity contribution in [3.63, 3.8) is 0 Å². The normalized spacial score (nSPS) is 18.7. The summed E-state index contributed by atoms with van der Waals surface area (Å²) in [7, 11) is 0. The quantitative estimate of drug-likeness (QED) is 0.558. The SMILES string of the molecule is CC=CC(=CC)N(CCC1=C(F)CCC=C1)C(C)=C1CC1. The molecule has 1 nitrogen and oxygen atoms in total. The van der Waals surface area contributed by atoms with E-state index >= 15 is 0 Å². The molecular weight excluding hydrogens is 261 g/mol. The van der Waals surface area contributed by atoms with Crippen LogP contribution in [-0.2, 0) is 0 Å². The Balaban J connectivity index is 2.13. The van der Waals surface area contributed by atoms with Crippen LogP contribution >= 0.6 is 0 Å². The lowest BCUT2D eigenvalue weighted by atomic mass is 10.0. The average molecular weight is 287 g/mol. The highest BCUT2D eigenvalue weighted by atomic mass is 19.1. The van der Waals surface area contributed by atoms with Crippen LogP contribution in [0.5, 0.6) is 0 Å². The monoisotopic (exact) mass is 287 g/mol. The molecule has 21 heavy (non-hydrogen) atoms. The lowest BCUT2D eigenvalue weighted by Crippen LogP contribution is -2.22. The molecule has 114 valence electrons. The lowest BCUT2D eigenvalue weighted by Gasteiger charge is -2.27. The summed E-state index contributed by atoms with van der Waals surface area (Å²) in [6, 6.07) is 0. The van der Waals surface area contributed by atoms with Gasteiger partial charge in [0.05, 0.1) is 0 Å². The first-order valence-electron chi connectivity index (χ1n) is 7.96. The molecule has 0 amide bonds. The maximum absolute atomic E-state index is 13.9. The molecular formula is C19H26FN. The standard InChI is InChI=1S/C19H26FN/c1-4-8-18(5-2)21(15(3)16-11-12-16)14-13-17-9-6-7-10-19(17)20/h4-6,8-9H,7,10-14H2,1-3H3. The fourth-order valence-corrected chi connectivity index (χ4v) is 2.76. The Bertz CT molecular complexity index is 526. The van der Waals surface area contributed by atoms with Crippen LogP contribution in [0, 0.1) is 0 Å². The third kappa shape index (κ3) is 4.20. The van der Waals surface area contributed by atoms with Crippen LogP contribution in [-0.4, -0.2) is 11.4 Å². The van der Waals surface area contributed by atoms with E-state index in [4.69, 9.17) is 0 Å². The molecule has 0 heterocycles. The minimum Gasteiger partial charge on any atom is -0.345 e. The van der Waals surface area contributed by atoms with Gasteiger partial charge in [0, 0.05) is 24.4 Å². The topological polar surface area (TPSA) is 3.24 Å². The van der Waals surface area contributed by atoms with Gasteiger partial charge < -0.3 is 4.90 Å². The Labute approximate surface area is 128 Å². The molecule has 0 atom stereocenters. The Hall–Kier alpha value is -1.57. The molecule has 2 aliphatic rings. The zero-order chi connectivity index (χ0) is 15.2. The lowest BCUT2D eigenvalue weighted by molar-refractivity contribution is 0.436. The van der Waals surface area contributed by atoms with E-state index in [1.165, 1.54) is 29.8 Å². The fraction of sp³-hybridized carbons (Fsp3) is 0.474. The fourth-order valence-electron chi connectivity index (χ4n) is 2.76. The third-order valence-electron chi connectivity index (χ3n) is 4.16. The molecule has 0 aromatic rings. The van der Waals surface area contributed by atoms with Crippen molar-refractivity contribution >= 4 is 0 Å². The molecule has 0 aromatic heterocycles. The molecule has 2 rings (SSSR count). The maximum Gasteiger partial charge on any atom is 0.103 e. The van der Waals surface area contributed by atoms with E-state index < -0.39 is 0 Å². The van der Waals surface area contributed by atoms with Gasteiger partial charge in [0.2, 0.25) is 0 Å². The van der Waals surface area contributed by atoms with Gasteiger partial charge in [0.1, 0.15) is 5.83 Å². The first-order valence-corrected chi connectivity index (χ1v) is 7.96. The minimum absolute atomic E-state index is 0.0715. The number of halogens is 1. The number of hydrogen-bond acceptors (Lipinski definition) is 1. The summed E-state index contributed by atoms with van der Waals surface area (Å²) in [6.07, 6.45) is 15.0. The zero-order valence-corrected chi connectivity index (χ0v) is 13.5. The Morgan fingerprint density at radius 2 is 2.05 bits per heavy atom. The maximum atomic E-state index is 13.9.